The number of hydrogen-bond donors (Lipinski definition) is 0. The monoisotopic (exact) mass is 280 g/mol. The van der Waals surface area contributed by atoms with Gasteiger partial charge < -0.3 is 4.48 Å². The summed E-state index contributed by atoms with van der Waals surface area (Å²) in [5.41, 5.74) is 0. The molecular formula is C13H31BrN+. The first kappa shape index (κ1) is 17.8. The summed E-state index contributed by atoms with van der Waals surface area (Å²) in [4.78, 5) is 0. The van der Waals surface area contributed by atoms with Gasteiger partial charge in [0.15, 0.2) is 0 Å². The molecule has 0 N–H and O–H groups in total. The second-order valence-electron chi connectivity index (χ2n) is 4.59. The molecule has 0 aromatic heterocycles. The smallest absolute Gasteiger partial charge is 0.0786 e. The maximum Gasteiger partial charge on any atom is 0.0786 e. The van der Waals surface area contributed by atoms with Gasteiger partial charge in [0.1, 0.15) is 0 Å². The molecule has 0 bridgehead atoms. The zero-order chi connectivity index (χ0) is 10.9. The molecule has 0 aliphatic rings. The van der Waals surface area contributed by atoms with Crippen molar-refractivity contribution < 1.29 is 4.48 Å². The van der Waals surface area contributed by atoms with Crippen LogP contribution in [0.25, 0.3) is 0 Å². The molecule has 0 aromatic rings. The molecule has 94 valence electrons. The van der Waals surface area contributed by atoms with E-state index in [0.29, 0.717) is 0 Å². The van der Waals surface area contributed by atoms with Crippen molar-refractivity contribution in [3.63, 3.8) is 0 Å². The summed E-state index contributed by atoms with van der Waals surface area (Å²) in [6.45, 7) is 14.9. The third kappa shape index (κ3) is 7.35. The second kappa shape index (κ2) is 10.9. The SMILES string of the molecule is Br.CCCC[N+](CCC)(CCC)CCC. The van der Waals surface area contributed by atoms with E-state index in [1.807, 2.05) is 0 Å². The lowest BCUT2D eigenvalue weighted by atomic mass is 10.2. The van der Waals surface area contributed by atoms with Crippen LogP contribution < -0.4 is 0 Å². The third-order valence-electron chi connectivity index (χ3n) is 3.08. The van der Waals surface area contributed by atoms with Gasteiger partial charge in [-0.2, -0.15) is 0 Å². The van der Waals surface area contributed by atoms with Crippen molar-refractivity contribution in [2.24, 2.45) is 0 Å². The number of halogens is 1. The van der Waals surface area contributed by atoms with Gasteiger partial charge in [0, 0.05) is 0 Å². The molecule has 0 radical (unpaired) electrons. The summed E-state index contributed by atoms with van der Waals surface area (Å²) in [7, 11) is 0. The number of hydrogen-bond acceptors (Lipinski definition) is 0. The zero-order valence-electron chi connectivity index (χ0n) is 11.2. The minimum Gasteiger partial charge on any atom is -0.324 e. The van der Waals surface area contributed by atoms with Gasteiger partial charge in [-0.05, 0) is 25.7 Å². The van der Waals surface area contributed by atoms with Gasteiger partial charge in [0.25, 0.3) is 0 Å². The van der Waals surface area contributed by atoms with E-state index in [2.05, 4.69) is 27.7 Å². The number of rotatable bonds is 9. The van der Waals surface area contributed by atoms with Crippen LogP contribution in [0.1, 0.15) is 59.8 Å². The average molecular weight is 281 g/mol. The van der Waals surface area contributed by atoms with Crippen LogP contribution in [0.3, 0.4) is 0 Å². The minimum atomic E-state index is 0. The Morgan fingerprint density at radius 1 is 0.600 bits per heavy atom. The molecule has 0 saturated carbocycles. The molecule has 0 amide bonds. The summed E-state index contributed by atoms with van der Waals surface area (Å²) in [6, 6.07) is 0. The van der Waals surface area contributed by atoms with Crippen molar-refractivity contribution in [1.29, 1.82) is 0 Å². The van der Waals surface area contributed by atoms with Crippen LogP contribution in [-0.4, -0.2) is 30.7 Å². The first-order chi connectivity index (χ1) is 6.74. The van der Waals surface area contributed by atoms with Crippen LogP contribution in [0.5, 0.6) is 0 Å². The maximum absolute atomic E-state index is 2.32. The Balaban J connectivity index is 0. The van der Waals surface area contributed by atoms with Crippen molar-refractivity contribution in [1.82, 2.24) is 0 Å². The standard InChI is InChI=1S/C13H30N.BrH/c1-5-9-13-14(10-6-2,11-7-3)12-8-4;/h5-13H2,1-4H3;1H/q+1;. The molecule has 0 heterocycles. The largest absolute Gasteiger partial charge is 0.324 e. The Morgan fingerprint density at radius 3 is 1.27 bits per heavy atom. The van der Waals surface area contributed by atoms with E-state index >= 15 is 0 Å². The quantitative estimate of drug-likeness (QED) is 0.549. The van der Waals surface area contributed by atoms with E-state index in [1.165, 1.54) is 62.8 Å². The van der Waals surface area contributed by atoms with Gasteiger partial charge in [0.05, 0.1) is 26.2 Å². The number of quaternary nitrogens is 1. The fraction of sp³-hybridized carbons (Fsp3) is 1.00. The van der Waals surface area contributed by atoms with E-state index in [0.717, 1.165) is 0 Å². The molecule has 0 rings (SSSR count). The van der Waals surface area contributed by atoms with Crippen LogP contribution >= 0.6 is 17.0 Å². The molecule has 0 spiro atoms. The van der Waals surface area contributed by atoms with Crippen molar-refractivity contribution in [3.8, 4) is 0 Å². The second-order valence-corrected chi connectivity index (χ2v) is 4.59. The third-order valence-corrected chi connectivity index (χ3v) is 3.08. The Labute approximate surface area is 108 Å². The highest BCUT2D eigenvalue weighted by Gasteiger charge is 2.23. The van der Waals surface area contributed by atoms with E-state index < -0.39 is 0 Å². The first-order valence-corrected chi connectivity index (χ1v) is 6.59. The lowest BCUT2D eigenvalue weighted by Crippen LogP contribution is -2.50. The molecule has 0 aliphatic heterocycles. The van der Waals surface area contributed by atoms with Crippen LogP contribution in [0, 0.1) is 0 Å². The topological polar surface area (TPSA) is 0 Å². The summed E-state index contributed by atoms with van der Waals surface area (Å²) in [5, 5.41) is 0. The lowest BCUT2D eigenvalue weighted by molar-refractivity contribution is -0.928. The highest BCUT2D eigenvalue weighted by atomic mass is 79.9. The van der Waals surface area contributed by atoms with E-state index in [4.69, 9.17) is 0 Å². The molecule has 0 aliphatic carbocycles. The highest BCUT2D eigenvalue weighted by molar-refractivity contribution is 8.93. The Bertz CT molecular complexity index is 109. The maximum atomic E-state index is 2.32. The summed E-state index contributed by atoms with van der Waals surface area (Å²) in [6.07, 6.45) is 6.76. The number of unbranched alkanes of at least 4 members (excludes halogenated alkanes) is 1. The van der Waals surface area contributed by atoms with Crippen molar-refractivity contribution >= 4 is 17.0 Å². The highest BCUT2D eigenvalue weighted by Crippen LogP contribution is 2.13. The number of nitrogens with zero attached hydrogens (tertiary/aromatic N) is 1. The molecular weight excluding hydrogens is 250 g/mol. The van der Waals surface area contributed by atoms with E-state index in [1.54, 1.807) is 0 Å². The molecule has 0 unspecified atom stereocenters. The Morgan fingerprint density at radius 2 is 1.00 bits per heavy atom. The van der Waals surface area contributed by atoms with Gasteiger partial charge in [-0.15, -0.1) is 17.0 Å². The predicted molar refractivity (Wildman–Crippen MR) is 75.8 cm³/mol. The van der Waals surface area contributed by atoms with Crippen LogP contribution in [0.15, 0.2) is 0 Å². The van der Waals surface area contributed by atoms with Crippen molar-refractivity contribution in [3.05, 3.63) is 0 Å². The molecule has 15 heavy (non-hydrogen) atoms. The van der Waals surface area contributed by atoms with Gasteiger partial charge in [0.2, 0.25) is 0 Å². The fourth-order valence-corrected chi connectivity index (χ4v) is 2.59. The predicted octanol–water partition coefficient (Wildman–Crippen LogP) is 4.41. The molecule has 2 heteroatoms. The van der Waals surface area contributed by atoms with Crippen molar-refractivity contribution in [2.75, 3.05) is 26.2 Å². The normalized spacial score (nSPS) is 11.2. The Hall–Kier alpha value is 0.440. The van der Waals surface area contributed by atoms with Gasteiger partial charge in [-0.3, -0.25) is 0 Å². The van der Waals surface area contributed by atoms with Gasteiger partial charge >= 0.3 is 0 Å². The summed E-state index contributed by atoms with van der Waals surface area (Å²) >= 11 is 0. The average Bonchev–Trinajstić information content (AvgIpc) is 2.16. The zero-order valence-corrected chi connectivity index (χ0v) is 12.9. The van der Waals surface area contributed by atoms with E-state index in [-0.39, 0.29) is 17.0 Å². The Kier molecular flexibility index (Phi) is 13.0. The van der Waals surface area contributed by atoms with Gasteiger partial charge in [-0.1, -0.05) is 34.1 Å². The summed E-state index contributed by atoms with van der Waals surface area (Å²) in [5.74, 6) is 0. The van der Waals surface area contributed by atoms with E-state index in [9.17, 15) is 0 Å². The summed E-state index contributed by atoms with van der Waals surface area (Å²) < 4.78 is 1.39. The van der Waals surface area contributed by atoms with Crippen LogP contribution in [0.4, 0.5) is 0 Å². The molecule has 0 saturated heterocycles. The van der Waals surface area contributed by atoms with Crippen molar-refractivity contribution in [2.45, 2.75) is 59.8 Å². The van der Waals surface area contributed by atoms with Gasteiger partial charge in [-0.25, -0.2) is 0 Å². The first-order valence-electron chi connectivity index (χ1n) is 6.59. The van der Waals surface area contributed by atoms with Crippen LogP contribution in [-0.2, 0) is 0 Å². The fourth-order valence-electron chi connectivity index (χ4n) is 2.59. The van der Waals surface area contributed by atoms with Crippen LogP contribution in [0.2, 0.25) is 0 Å². The minimum absolute atomic E-state index is 0. The molecule has 0 atom stereocenters. The molecule has 1 nitrogen and oxygen atoms in total. The lowest BCUT2D eigenvalue weighted by Gasteiger charge is -2.38. The molecule has 0 aromatic carbocycles. The molecule has 0 fully saturated rings.